The van der Waals surface area contributed by atoms with Gasteiger partial charge >= 0.3 is 0 Å². The number of ketones is 1. The number of allylic oxidation sites excluding steroid dienone is 2. The Labute approximate surface area is 291 Å². The van der Waals surface area contributed by atoms with Crippen molar-refractivity contribution >= 4 is 27.8 Å². The Morgan fingerprint density at radius 3 is 2.04 bits per heavy atom. The molecule has 0 aliphatic rings. The van der Waals surface area contributed by atoms with Crippen LogP contribution in [0.5, 0.6) is 0 Å². The molecule has 6 heteroatoms. The fourth-order valence-corrected chi connectivity index (χ4v) is 5.82. The summed E-state index contributed by atoms with van der Waals surface area (Å²) in [7, 11) is 0. The molecule has 0 unspecified atom stereocenters. The normalized spacial score (nSPS) is 11.8. The van der Waals surface area contributed by atoms with Gasteiger partial charge in [-0.25, -0.2) is 0 Å². The summed E-state index contributed by atoms with van der Waals surface area (Å²) in [5.41, 5.74) is 10.6. The molecule has 2 aromatic heterocycles. The van der Waals surface area contributed by atoms with Crippen LogP contribution >= 0.6 is 0 Å². The fraction of sp³-hybridized carbons (Fsp3) is 0.268. The molecule has 0 bridgehead atoms. The van der Waals surface area contributed by atoms with Gasteiger partial charge in [-0.3, -0.25) is 9.78 Å². The first kappa shape index (κ1) is 35.6. The number of Topliss-reactive ketones (excluding diaryl/α,β-unsaturated/α-hetero) is 1. The van der Waals surface area contributed by atoms with Gasteiger partial charge in [-0.1, -0.05) is 113 Å². The average molecular weight is 804 g/mol. The number of nitrogens with zero attached hydrogens (tertiary/aromatic N) is 2. The number of fused-ring (bicyclic) bond motifs is 2. The Morgan fingerprint density at radius 2 is 1.43 bits per heavy atom. The number of carbonyl (C=O) groups is 1. The van der Waals surface area contributed by atoms with Gasteiger partial charge in [0.2, 0.25) is 0 Å². The van der Waals surface area contributed by atoms with Crippen LogP contribution in [0.15, 0.2) is 107 Å². The van der Waals surface area contributed by atoms with Crippen LogP contribution in [-0.4, -0.2) is 20.4 Å². The number of hydrogen-bond donors (Lipinski definition) is 1. The molecular formula is C41H43IrN2O3-. The summed E-state index contributed by atoms with van der Waals surface area (Å²) in [6, 6.07) is 31.8. The summed E-state index contributed by atoms with van der Waals surface area (Å²) in [6.45, 7) is 14.4. The van der Waals surface area contributed by atoms with Crippen molar-refractivity contribution in [3.8, 4) is 28.2 Å². The molecule has 2 heterocycles. The van der Waals surface area contributed by atoms with Crippen molar-refractivity contribution in [2.24, 2.45) is 0 Å². The third kappa shape index (κ3) is 7.35. The van der Waals surface area contributed by atoms with E-state index in [1.165, 1.54) is 27.9 Å². The van der Waals surface area contributed by atoms with Gasteiger partial charge in [0, 0.05) is 56.1 Å². The number of aromatic nitrogens is 2. The number of furan rings is 1. The Bertz CT molecular complexity index is 1990. The smallest absolute Gasteiger partial charge is 0.161 e. The van der Waals surface area contributed by atoms with Gasteiger partial charge in [0.05, 0.1) is 22.6 Å². The van der Waals surface area contributed by atoms with Gasteiger partial charge in [0.15, 0.2) is 5.78 Å². The Balaban J connectivity index is 0.000000397. The minimum absolute atomic E-state index is 0. The van der Waals surface area contributed by atoms with Gasteiger partial charge in [-0.05, 0) is 65.3 Å². The molecule has 0 amide bonds. The Kier molecular flexibility index (Phi) is 11.8. The number of aliphatic hydroxyl groups is 1. The van der Waals surface area contributed by atoms with E-state index in [0.717, 1.165) is 33.4 Å². The van der Waals surface area contributed by atoms with Gasteiger partial charge in [-0.2, -0.15) is 0 Å². The summed E-state index contributed by atoms with van der Waals surface area (Å²) >= 11 is 0. The summed E-state index contributed by atoms with van der Waals surface area (Å²) < 4.78 is 8.18. The molecule has 0 atom stereocenters. The standard InChI is InChI=1S/C33H29N2O.C8H14O2.Ir/c1-21(2)26-18-24(23-12-6-5-7-13-23)19-27(22(3)4)32(26)35-30-16-10-9-15-29(30)34-33(35)28-20-36-31-17-11-8-14-25(28)31;1-4-7(9)6(3)8(10)5-2;/h5-19,21-22H,1-4H3;9H,4-5H2,1-3H3;/q-1;;/b;7-6-;. The van der Waals surface area contributed by atoms with Crippen molar-refractivity contribution in [2.75, 3.05) is 0 Å². The molecule has 0 aliphatic heterocycles. The monoisotopic (exact) mass is 804 g/mol. The van der Waals surface area contributed by atoms with Crippen molar-refractivity contribution in [1.29, 1.82) is 0 Å². The van der Waals surface area contributed by atoms with E-state index in [4.69, 9.17) is 14.5 Å². The van der Waals surface area contributed by atoms with Crippen LogP contribution in [0.3, 0.4) is 0 Å². The number of aliphatic hydroxyl groups excluding tert-OH is 1. The molecule has 0 saturated carbocycles. The van der Waals surface area contributed by atoms with Crippen molar-refractivity contribution in [2.45, 2.75) is 73.1 Å². The SMILES string of the molecule is CC(C)c1cc(-c2ccccc2)cc(C(C)C)c1-n1c(-c2[c-]oc3ccccc23)nc2ccccc21.CCC(=O)/C(C)=C(\O)CC.[Ir]. The first-order valence-corrected chi connectivity index (χ1v) is 16.2. The third-order valence-electron chi connectivity index (χ3n) is 8.45. The first-order chi connectivity index (χ1) is 22.2. The second kappa shape index (κ2) is 15.6. The zero-order chi connectivity index (χ0) is 33.0. The number of carbonyl (C=O) groups excluding carboxylic acids is 1. The second-order valence-corrected chi connectivity index (χ2v) is 12.2. The van der Waals surface area contributed by atoms with Crippen LogP contribution in [0.25, 0.3) is 50.2 Å². The van der Waals surface area contributed by atoms with Gasteiger partial charge < -0.3 is 14.1 Å². The quantitative estimate of drug-likeness (QED) is 0.0945. The number of imidazole rings is 1. The molecule has 6 rings (SSSR count). The van der Waals surface area contributed by atoms with Gasteiger partial charge in [0.25, 0.3) is 0 Å². The summed E-state index contributed by atoms with van der Waals surface area (Å²) in [5.74, 6) is 1.74. The molecule has 1 N–H and O–H groups in total. The number of para-hydroxylation sites is 3. The number of benzene rings is 4. The van der Waals surface area contributed by atoms with Crippen molar-refractivity contribution in [3.05, 3.63) is 120 Å². The maximum atomic E-state index is 10.9. The summed E-state index contributed by atoms with van der Waals surface area (Å²) in [5, 5.41) is 10.1. The predicted octanol–water partition coefficient (Wildman–Crippen LogP) is 11.4. The largest absolute Gasteiger partial charge is 0.557 e. The Morgan fingerprint density at radius 1 is 0.830 bits per heavy atom. The van der Waals surface area contributed by atoms with Crippen LogP contribution in [0.4, 0.5) is 0 Å². The van der Waals surface area contributed by atoms with Crippen molar-refractivity contribution < 1.29 is 34.4 Å². The summed E-state index contributed by atoms with van der Waals surface area (Å²) in [6.07, 6.45) is 4.18. The maximum Gasteiger partial charge on any atom is 0.161 e. The van der Waals surface area contributed by atoms with E-state index in [-0.39, 0.29) is 31.6 Å². The van der Waals surface area contributed by atoms with Crippen LogP contribution in [-0.2, 0) is 24.9 Å². The van der Waals surface area contributed by atoms with Crippen LogP contribution < -0.4 is 0 Å². The van der Waals surface area contributed by atoms with E-state index in [1.807, 2.05) is 31.2 Å². The molecular weight excluding hydrogens is 761 g/mol. The first-order valence-electron chi connectivity index (χ1n) is 16.2. The molecule has 245 valence electrons. The van der Waals surface area contributed by atoms with E-state index in [9.17, 15) is 4.79 Å². The number of rotatable bonds is 8. The van der Waals surface area contributed by atoms with E-state index < -0.39 is 0 Å². The molecule has 0 saturated heterocycles. The predicted molar refractivity (Wildman–Crippen MR) is 190 cm³/mol. The minimum Gasteiger partial charge on any atom is -0.557 e. The molecule has 1 radical (unpaired) electrons. The van der Waals surface area contributed by atoms with Crippen LogP contribution in [0.1, 0.15) is 84.3 Å². The summed E-state index contributed by atoms with van der Waals surface area (Å²) in [4.78, 5) is 16.0. The van der Waals surface area contributed by atoms with Gasteiger partial charge in [-0.15, -0.1) is 6.07 Å². The van der Waals surface area contributed by atoms with E-state index >= 15 is 0 Å². The van der Waals surface area contributed by atoms with Crippen LogP contribution in [0.2, 0.25) is 0 Å². The average Bonchev–Trinajstić information content (AvgIpc) is 3.68. The van der Waals surface area contributed by atoms with E-state index in [2.05, 4.69) is 105 Å². The molecule has 4 aromatic carbocycles. The van der Waals surface area contributed by atoms with Crippen LogP contribution in [0, 0.1) is 6.26 Å². The van der Waals surface area contributed by atoms with Crippen molar-refractivity contribution in [3.63, 3.8) is 0 Å². The molecule has 0 spiro atoms. The zero-order valence-electron chi connectivity index (χ0n) is 28.2. The zero-order valence-corrected chi connectivity index (χ0v) is 30.6. The molecule has 47 heavy (non-hydrogen) atoms. The maximum absolute atomic E-state index is 10.9. The second-order valence-electron chi connectivity index (χ2n) is 12.2. The van der Waals surface area contributed by atoms with Crippen molar-refractivity contribution in [1.82, 2.24) is 9.55 Å². The molecule has 0 aliphatic carbocycles. The number of hydrogen-bond acceptors (Lipinski definition) is 4. The third-order valence-corrected chi connectivity index (χ3v) is 8.45. The Hall–Kier alpha value is -4.25. The molecule has 5 nitrogen and oxygen atoms in total. The fourth-order valence-electron chi connectivity index (χ4n) is 5.82. The van der Waals surface area contributed by atoms with E-state index in [1.54, 1.807) is 13.8 Å². The van der Waals surface area contributed by atoms with E-state index in [0.29, 0.717) is 30.3 Å². The molecule has 6 aromatic rings. The van der Waals surface area contributed by atoms with Gasteiger partial charge in [0.1, 0.15) is 0 Å². The molecule has 0 fully saturated rings. The minimum atomic E-state index is 0. The topological polar surface area (TPSA) is 68.3 Å².